The first-order valence-corrected chi connectivity index (χ1v) is 21.9. The van der Waals surface area contributed by atoms with Gasteiger partial charge < -0.3 is 18.1 Å². The Hall–Kier alpha value is -8.60. The minimum atomic E-state index is 0.903. The third-order valence-electron chi connectivity index (χ3n) is 13.4. The number of rotatable bonds is 5. The van der Waals surface area contributed by atoms with E-state index in [1.165, 1.54) is 32.3 Å². The van der Waals surface area contributed by atoms with Crippen LogP contribution in [0.1, 0.15) is 0 Å². The van der Waals surface area contributed by atoms with Crippen molar-refractivity contribution in [1.29, 1.82) is 0 Å². The summed E-state index contributed by atoms with van der Waals surface area (Å²) in [6, 6.07) is 81.9. The fourth-order valence-electron chi connectivity index (χ4n) is 10.6. The van der Waals surface area contributed by atoms with Crippen LogP contribution in [0.3, 0.4) is 0 Å². The number of furan rings is 1. The van der Waals surface area contributed by atoms with Crippen LogP contribution in [0.5, 0.6) is 0 Å². The Kier molecular flexibility index (Phi) is 7.36. The van der Waals surface area contributed by atoms with Crippen molar-refractivity contribution in [3.63, 3.8) is 0 Å². The lowest BCUT2D eigenvalue weighted by Gasteiger charge is -2.24. The molecule has 298 valence electrons. The summed E-state index contributed by atoms with van der Waals surface area (Å²) >= 11 is 0. The van der Waals surface area contributed by atoms with Crippen molar-refractivity contribution in [3.05, 3.63) is 224 Å². The summed E-state index contributed by atoms with van der Waals surface area (Å²) in [4.78, 5) is 0. The molecule has 10 aromatic carbocycles. The van der Waals surface area contributed by atoms with Crippen LogP contribution in [0.4, 0.5) is 0 Å². The van der Waals surface area contributed by atoms with Crippen LogP contribution >= 0.6 is 0 Å². The van der Waals surface area contributed by atoms with Crippen LogP contribution in [-0.4, -0.2) is 13.7 Å². The summed E-state index contributed by atoms with van der Waals surface area (Å²) in [5.74, 6) is 0. The molecule has 0 atom stereocenters. The van der Waals surface area contributed by atoms with E-state index in [9.17, 15) is 0 Å². The average molecular weight is 816 g/mol. The SMILES string of the molecule is c1ccc2c(c1)oc1ccc(-c3ccc(-c4cc(-n5c6ccccc6c6ccccc65)c(-n5c6ccccc6c6ccccc65)c(-n5c6ccccc6c6ccccc65)c4)cc3)cc12. The number of hydrogen-bond donors (Lipinski definition) is 0. The number of aromatic nitrogens is 3. The molecule has 14 rings (SSSR count). The molecule has 4 nitrogen and oxygen atoms in total. The highest BCUT2D eigenvalue weighted by atomic mass is 16.3. The summed E-state index contributed by atoms with van der Waals surface area (Å²) < 4.78 is 13.7. The second-order valence-corrected chi connectivity index (χ2v) is 16.9. The van der Waals surface area contributed by atoms with Gasteiger partial charge in [-0.2, -0.15) is 0 Å². The van der Waals surface area contributed by atoms with Crippen molar-refractivity contribution in [2.45, 2.75) is 0 Å². The Labute approximate surface area is 367 Å². The highest BCUT2D eigenvalue weighted by Gasteiger charge is 2.26. The lowest BCUT2D eigenvalue weighted by atomic mass is 9.97. The molecule has 0 bridgehead atoms. The second-order valence-electron chi connectivity index (χ2n) is 16.9. The molecule has 64 heavy (non-hydrogen) atoms. The van der Waals surface area contributed by atoms with Crippen molar-refractivity contribution in [2.24, 2.45) is 0 Å². The molecule has 0 radical (unpaired) electrons. The summed E-state index contributed by atoms with van der Waals surface area (Å²) in [5.41, 5.74) is 16.6. The fourth-order valence-corrected chi connectivity index (χ4v) is 10.6. The Morgan fingerprint density at radius 1 is 0.234 bits per heavy atom. The first-order valence-electron chi connectivity index (χ1n) is 21.9. The van der Waals surface area contributed by atoms with Crippen LogP contribution in [0.2, 0.25) is 0 Å². The third-order valence-corrected chi connectivity index (χ3v) is 13.4. The van der Waals surface area contributed by atoms with E-state index in [0.29, 0.717) is 0 Å². The Balaban J connectivity index is 1.12. The number of nitrogens with zero attached hydrogens (tertiary/aromatic N) is 3. The molecular formula is C60H37N3O. The van der Waals surface area contributed by atoms with E-state index in [1.807, 2.05) is 12.1 Å². The van der Waals surface area contributed by atoms with E-state index < -0.39 is 0 Å². The first-order chi connectivity index (χ1) is 31.8. The molecule has 0 aliphatic carbocycles. The molecule has 0 amide bonds. The van der Waals surface area contributed by atoms with Crippen LogP contribution in [0, 0.1) is 0 Å². The smallest absolute Gasteiger partial charge is 0.135 e. The minimum Gasteiger partial charge on any atom is -0.456 e. The van der Waals surface area contributed by atoms with Gasteiger partial charge in [0, 0.05) is 43.1 Å². The minimum absolute atomic E-state index is 0.903. The number of fused-ring (bicyclic) bond motifs is 12. The van der Waals surface area contributed by atoms with E-state index in [1.54, 1.807) is 0 Å². The summed E-state index contributed by atoms with van der Waals surface area (Å²) in [5, 5.41) is 9.60. The monoisotopic (exact) mass is 815 g/mol. The molecule has 4 heteroatoms. The van der Waals surface area contributed by atoms with E-state index in [4.69, 9.17) is 4.42 Å². The predicted octanol–water partition coefficient (Wildman–Crippen LogP) is 16.2. The molecule has 0 N–H and O–H groups in total. The largest absolute Gasteiger partial charge is 0.456 e. The second kappa shape index (κ2) is 13.4. The van der Waals surface area contributed by atoms with Gasteiger partial charge in [0.1, 0.15) is 11.2 Å². The molecule has 4 aromatic heterocycles. The lowest BCUT2D eigenvalue weighted by molar-refractivity contribution is 0.669. The average Bonchev–Trinajstić information content (AvgIpc) is 4.10. The van der Waals surface area contributed by atoms with Gasteiger partial charge in [-0.15, -0.1) is 0 Å². The van der Waals surface area contributed by atoms with Gasteiger partial charge in [-0.3, -0.25) is 0 Å². The van der Waals surface area contributed by atoms with Gasteiger partial charge in [0.2, 0.25) is 0 Å². The summed E-state index contributed by atoms with van der Waals surface area (Å²) in [7, 11) is 0. The topological polar surface area (TPSA) is 27.9 Å². The Morgan fingerprint density at radius 3 is 1.00 bits per heavy atom. The number of para-hydroxylation sites is 7. The number of hydrogen-bond acceptors (Lipinski definition) is 1. The first kappa shape index (κ1) is 35.0. The molecular weight excluding hydrogens is 779 g/mol. The predicted molar refractivity (Wildman–Crippen MR) is 268 cm³/mol. The normalized spacial score (nSPS) is 12.1. The van der Waals surface area contributed by atoms with Crippen LogP contribution < -0.4 is 0 Å². The molecule has 4 heterocycles. The maximum Gasteiger partial charge on any atom is 0.135 e. The van der Waals surface area contributed by atoms with Gasteiger partial charge >= 0.3 is 0 Å². The highest BCUT2D eigenvalue weighted by Crippen LogP contribution is 2.45. The van der Waals surface area contributed by atoms with E-state index in [0.717, 1.165) is 94.4 Å². The summed E-state index contributed by atoms with van der Waals surface area (Å²) in [6.07, 6.45) is 0. The lowest BCUT2D eigenvalue weighted by Crippen LogP contribution is -2.10. The molecule has 0 saturated carbocycles. The molecule has 0 fully saturated rings. The standard InChI is InChI=1S/C60H37N3O/c1-8-22-50-42(15-1)43-16-2-9-23-51(43)61(50)56-36-41(39-31-29-38(30-32-39)40-33-34-59-49(35-40)48-21-7-14-28-58(48)64-59)37-57(62-52-24-10-3-17-44(52)45-18-4-11-25-53(45)62)60(56)63-54-26-12-5-19-46(54)47-20-6-13-27-55(47)63/h1-37H. The third kappa shape index (κ3) is 4.99. The Bertz CT molecular complexity index is 3900. The molecule has 0 saturated heterocycles. The van der Waals surface area contributed by atoms with Gasteiger partial charge in [0.15, 0.2) is 0 Å². The molecule has 0 unspecified atom stereocenters. The van der Waals surface area contributed by atoms with Gasteiger partial charge in [0.05, 0.1) is 50.2 Å². The van der Waals surface area contributed by atoms with Gasteiger partial charge in [-0.05, 0) is 89.0 Å². The Morgan fingerprint density at radius 2 is 0.562 bits per heavy atom. The van der Waals surface area contributed by atoms with Gasteiger partial charge in [0.25, 0.3) is 0 Å². The van der Waals surface area contributed by atoms with Crippen LogP contribution in [0.15, 0.2) is 229 Å². The van der Waals surface area contributed by atoms with E-state index in [-0.39, 0.29) is 0 Å². The van der Waals surface area contributed by atoms with Gasteiger partial charge in [-0.1, -0.05) is 158 Å². The number of benzene rings is 10. The van der Waals surface area contributed by atoms with E-state index >= 15 is 0 Å². The zero-order chi connectivity index (χ0) is 41.9. The van der Waals surface area contributed by atoms with Crippen molar-refractivity contribution >= 4 is 87.4 Å². The van der Waals surface area contributed by atoms with Crippen LogP contribution in [0.25, 0.3) is 127 Å². The maximum absolute atomic E-state index is 6.19. The van der Waals surface area contributed by atoms with Crippen LogP contribution in [-0.2, 0) is 0 Å². The summed E-state index contributed by atoms with van der Waals surface area (Å²) in [6.45, 7) is 0. The quantitative estimate of drug-likeness (QED) is 0.170. The van der Waals surface area contributed by atoms with Crippen molar-refractivity contribution in [2.75, 3.05) is 0 Å². The highest BCUT2D eigenvalue weighted by molar-refractivity contribution is 6.14. The molecule has 0 aliphatic heterocycles. The molecule has 14 aromatic rings. The fraction of sp³-hybridized carbons (Fsp3) is 0. The van der Waals surface area contributed by atoms with Gasteiger partial charge in [-0.25, -0.2) is 0 Å². The molecule has 0 aliphatic rings. The zero-order valence-corrected chi connectivity index (χ0v) is 34.6. The van der Waals surface area contributed by atoms with Crippen molar-refractivity contribution in [1.82, 2.24) is 13.7 Å². The zero-order valence-electron chi connectivity index (χ0n) is 34.6. The van der Waals surface area contributed by atoms with Crippen molar-refractivity contribution < 1.29 is 4.42 Å². The van der Waals surface area contributed by atoms with E-state index in [2.05, 4.69) is 226 Å². The maximum atomic E-state index is 6.19. The molecule has 0 spiro atoms. The van der Waals surface area contributed by atoms with Crippen molar-refractivity contribution in [3.8, 4) is 39.3 Å².